The summed E-state index contributed by atoms with van der Waals surface area (Å²) in [5.74, 6) is -2.74. The van der Waals surface area contributed by atoms with Gasteiger partial charge in [0.1, 0.15) is 18.3 Å². The first-order valence-corrected chi connectivity index (χ1v) is 5.88. The largest absolute Gasteiger partial charge is 0.485 e. The van der Waals surface area contributed by atoms with E-state index in [2.05, 4.69) is 0 Å². The van der Waals surface area contributed by atoms with Crippen molar-refractivity contribution in [3.63, 3.8) is 0 Å². The molecular formula is C13H11F3O4. The predicted molar refractivity (Wildman–Crippen MR) is 61.3 cm³/mol. The van der Waals surface area contributed by atoms with Crippen LogP contribution in [-0.2, 0) is 20.5 Å². The number of Topliss-reactive ketones (excluding diaryl/α,β-unsaturated/α-hetero) is 1. The van der Waals surface area contributed by atoms with Crippen LogP contribution < -0.4 is 4.74 Å². The molecule has 0 saturated heterocycles. The van der Waals surface area contributed by atoms with Crippen molar-refractivity contribution in [2.45, 2.75) is 19.0 Å². The first-order chi connectivity index (χ1) is 9.34. The number of fused-ring (bicyclic) bond motifs is 1. The summed E-state index contributed by atoms with van der Waals surface area (Å²) in [5, 5.41) is 0. The standard InChI is InChI=1S/C13H11F3O4/c1-2-19-12(18)11-8-5-7(13(14,15)16)3-4-10(8)20-6-9(11)17/h3-5,11H,2,6H2,1H3. The molecule has 7 heteroatoms. The lowest BCUT2D eigenvalue weighted by atomic mass is 9.90. The third kappa shape index (κ3) is 2.61. The molecular weight excluding hydrogens is 277 g/mol. The Labute approximate surface area is 112 Å². The van der Waals surface area contributed by atoms with Crippen molar-refractivity contribution in [3.8, 4) is 5.75 Å². The lowest BCUT2D eigenvalue weighted by molar-refractivity contribution is -0.149. The van der Waals surface area contributed by atoms with Gasteiger partial charge >= 0.3 is 12.1 Å². The van der Waals surface area contributed by atoms with Crippen molar-refractivity contribution in [2.24, 2.45) is 0 Å². The molecule has 1 aliphatic heterocycles. The average Bonchev–Trinajstić information content (AvgIpc) is 2.37. The number of benzene rings is 1. The van der Waals surface area contributed by atoms with Crippen LogP contribution >= 0.6 is 0 Å². The Bertz CT molecular complexity index is 551. The Balaban J connectivity index is 2.48. The summed E-state index contributed by atoms with van der Waals surface area (Å²) in [7, 11) is 0. The van der Waals surface area contributed by atoms with Gasteiger partial charge in [-0.3, -0.25) is 9.59 Å². The molecule has 1 unspecified atom stereocenters. The van der Waals surface area contributed by atoms with Crippen LogP contribution in [-0.4, -0.2) is 25.0 Å². The fourth-order valence-electron chi connectivity index (χ4n) is 1.97. The number of rotatable bonds is 2. The van der Waals surface area contributed by atoms with Crippen molar-refractivity contribution in [1.29, 1.82) is 0 Å². The molecule has 1 heterocycles. The quantitative estimate of drug-likeness (QED) is 0.619. The number of carbonyl (C=O) groups is 2. The third-order valence-electron chi connectivity index (χ3n) is 2.86. The molecule has 0 bridgehead atoms. The number of ketones is 1. The molecule has 1 aliphatic rings. The van der Waals surface area contributed by atoms with Gasteiger partial charge in [-0.05, 0) is 25.1 Å². The molecule has 1 aromatic carbocycles. The topological polar surface area (TPSA) is 52.6 Å². The van der Waals surface area contributed by atoms with Crippen LogP contribution in [0.15, 0.2) is 18.2 Å². The van der Waals surface area contributed by atoms with Crippen molar-refractivity contribution < 1.29 is 32.2 Å². The van der Waals surface area contributed by atoms with Gasteiger partial charge in [-0.2, -0.15) is 13.2 Å². The van der Waals surface area contributed by atoms with E-state index >= 15 is 0 Å². The molecule has 1 atom stereocenters. The second-order valence-corrected chi connectivity index (χ2v) is 4.19. The zero-order chi connectivity index (χ0) is 14.9. The number of halogens is 3. The maximum absolute atomic E-state index is 12.7. The molecule has 0 amide bonds. The van der Waals surface area contributed by atoms with E-state index in [1.807, 2.05) is 0 Å². The summed E-state index contributed by atoms with van der Waals surface area (Å²) in [4.78, 5) is 23.5. The average molecular weight is 288 g/mol. The summed E-state index contributed by atoms with van der Waals surface area (Å²) in [6.45, 7) is 1.23. The molecule has 0 aromatic heterocycles. The lowest BCUT2D eigenvalue weighted by Crippen LogP contribution is -2.32. The molecule has 0 aliphatic carbocycles. The Kier molecular flexibility index (Phi) is 3.69. The van der Waals surface area contributed by atoms with Crippen LogP contribution in [0, 0.1) is 0 Å². The maximum atomic E-state index is 12.7. The number of esters is 1. The van der Waals surface area contributed by atoms with Crippen LogP contribution in [0.3, 0.4) is 0 Å². The zero-order valence-electron chi connectivity index (χ0n) is 10.5. The Morgan fingerprint density at radius 3 is 2.75 bits per heavy atom. The van der Waals surface area contributed by atoms with Crippen molar-refractivity contribution in [1.82, 2.24) is 0 Å². The Morgan fingerprint density at radius 2 is 2.15 bits per heavy atom. The third-order valence-corrected chi connectivity index (χ3v) is 2.86. The van der Waals surface area contributed by atoms with Gasteiger partial charge in [0.2, 0.25) is 0 Å². The lowest BCUT2D eigenvalue weighted by Gasteiger charge is -2.24. The molecule has 20 heavy (non-hydrogen) atoms. The van der Waals surface area contributed by atoms with Gasteiger partial charge in [0.25, 0.3) is 0 Å². The highest BCUT2D eigenvalue weighted by Gasteiger charge is 2.39. The molecule has 0 saturated carbocycles. The summed E-state index contributed by atoms with van der Waals surface area (Å²) < 4.78 is 47.8. The van der Waals surface area contributed by atoms with Crippen LogP contribution in [0.2, 0.25) is 0 Å². The fraction of sp³-hybridized carbons (Fsp3) is 0.385. The summed E-state index contributed by atoms with van der Waals surface area (Å²) in [6.07, 6.45) is -4.56. The van der Waals surface area contributed by atoms with E-state index in [9.17, 15) is 22.8 Å². The summed E-state index contributed by atoms with van der Waals surface area (Å²) in [6, 6.07) is 2.71. The molecule has 4 nitrogen and oxygen atoms in total. The number of hydrogen-bond acceptors (Lipinski definition) is 4. The molecule has 0 spiro atoms. The van der Waals surface area contributed by atoms with Crippen molar-refractivity contribution >= 4 is 11.8 Å². The van der Waals surface area contributed by atoms with Gasteiger partial charge in [0, 0.05) is 5.56 Å². The first kappa shape index (κ1) is 14.4. The van der Waals surface area contributed by atoms with E-state index in [4.69, 9.17) is 9.47 Å². The zero-order valence-corrected chi connectivity index (χ0v) is 10.5. The number of ether oxygens (including phenoxy) is 2. The van der Waals surface area contributed by atoms with Gasteiger partial charge < -0.3 is 9.47 Å². The van der Waals surface area contributed by atoms with Crippen LogP contribution in [0.5, 0.6) is 5.75 Å². The smallest absolute Gasteiger partial charge is 0.416 e. The molecule has 2 rings (SSSR count). The van der Waals surface area contributed by atoms with E-state index in [1.54, 1.807) is 6.92 Å². The maximum Gasteiger partial charge on any atom is 0.416 e. The highest BCUT2D eigenvalue weighted by molar-refractivity contribution is 6.06. The van der Waals surface area contributed by atoms with E-state index in [0.29, 0.717) is 0 Å². The van der Waals surface area contributed by atoms with Gasteiger partial charge in [-0.15, -0.1) is 0 Å². The van der Waals surface area contributed by atoms with Crippen molar-refractivity contribution in [3.05, 3.63) is 29.3 Å². The number of carbonyl (C=O) groups excluding carboxylic acids is 2. The van der Waals surface area contributed by atoms with Gasteiger partial charge in [0.05, 0.1) is 12.2 Å². The molecule has 1 aromatic rings. The van der Waals surface area contributed by atoms with E-state index in [0.717, 1.165) is 18.2 Å². The summed E-state index contributed by atoms with van der Waals surface area (Å²) >= 11 is 0. The number of alkyl halides is 3. The Hall–Kier alpha value is -2.05. The minimum atomic E-state index is -4.56. The highest BCUT2D eigenvalue weighted by atomic mass is 19.4. The molecule has 108 valence electrons. The van der Waals surface area contributed by atoms with Crippen LogP contribution in [0.4, 0.5) is 13.2 Å². The molecule has 0 radical (unpaired) electrons. The normalized spacial score (nSPS) is 18.2. The number of hydrogen-bond donors (Lipinski definition) is 0. The second-order valence-electron chi connectivity index (χ2n) is 4.19. The van der Waals surface area contributed by atoms with E-state index < -0.39 is 29.4 Å². The van der Waals surface area contributed by atoms with Crippen LogP contribution in [0.1, 0.15) is 24.0 Å². The minimum Gasteiger partial charge on any atom is -0.485 e. The molecule has 0 N–H and O–H groups in total. The monoisotopic (exact) mass is 288 g/mol. The molecule has 0 fully saturated rings. The van der Waals surface area contributed by atoms with Gasteiger partial charge in [-0.25, -0.2) is 0 Å². The van der Waals surface area contributed by atoms with Crippen LogP contribution in [0.25, 0.3) is 0 Å². The Morgan fingerprint density at radius 1 is 1.45 bits per heavy atom. The second kappa shape index (κ2) is 5.15. The predicted octanol–water partition coefficient (Wildman–Crippen LogP) is 2.31. The van der Waals surface area contributed by atoms with E-state index in [-0.39, 0.29) is 24.5 Å². The van der Waals surface area contributed by atoms with Crippen molar-refractivity contribution in [2.75, 3.05) is 13.2 Å². The highest BCUT2D eigenvalue weighted by Crippen LogP contribution is 2.38. The van der Waals surface area contributed by atoms with E-state index in [1.165, 1.54) is 0 Å². The summed E-state index contributed by atoms with van der Waals surface area (Å²) in [5.41, 5.74) is -1.04. The first-order valence-electron chi connectivity index (χ1n) is 5.88. The fourth-order valence-corrected chi connectivity index (χ4v) is 1.97. The van der Waals surface area contributed by atoms with Gasteiger partial charge in [-0.1, -0.05) is 0 Å². The minimum absolute atomic E-state index is 0.0394. The van der Waals surface area contributed by atoms with Gasteiger partial charge in [0.15, 0.2) is 5.78 Å². The SMILES string of the molecule is CCOC(=O)C1C(=O)COc2ccc(C(F)(F)F)cc21.